The van der Waals surface area contributed by atoms with Crippen LogP contribution in [0, 0.1) is 0 Å². The highest BCUT2D eigenvalue weighted by Gasteiger charge is 2.30. The van der Waals surface area contributed by atoms with E-state index in [1.807, 2.05) is 32.0 Å². The van der Waals surface area contributed by atoms with Crippen LogP contribution in [0.25, 0.3) is 5.76 Å². The Morgan fingerprint density at radius 3 is 2.95 bits per heavy atom. The number of rotatable bonds is 2. The quantitative estimate of drug-likeness (QED) is 0.613. The van der Waals surface area contributed by atoms with Gasteiger partial charge in [0.15, 0.2) is 0 Å². The number of benzene rings is 1. The number of halogens is 1. The highest BCUT2D eigenvalue weighted by Crippen LogP contribution is 2.36. The van der Waals surface area contributed by atoms with Gasteiger partial charge in [-0.3, -0.25) is 0 Å². The third-order valence-corrected chi connectivity index (χ3v) is 3.11. The second-order valence-corrected chi connectivity index (χ2v) is 5.54. The zero-order chi connectivity index (χ0) is 14.0. The van der Waals surface area contributed by atoms with Crippen molar-refractivity contribution in [1.82, 2.24) is 0 Å². The predicted molar refractivity (Wildman–Crippen MR) is 74.9 cm³/mol. The summed E-state index contributed by atoms with van der Waals surface area (Å²) in [5.41, 5.74) is 1.63. The van der Waals surface area contributed by atoms with Crippen molar-refractivity contribution in [3.05, 3.63) is 40.4 Å². The number of carbonyl (C=O) groups excluding carboxylic acids is 1. The normalized spacial score (nSPS) is 18.6. The minimum Gasteiger partial charge on any atom is -0.487 e. The third kappa shape index (κ3) is 3.29. The lowest BCUT2D eigenvalue weighted by atomic mass is 9.90. The Kier molecular flexibility index (Phi) is 3.85. The molecule has 0 fully saturated rings. The fourth-order valence-corrected chi connectivity index (χ4v) is 2.35. The first-order chi connectivity index (χ1) is 8.91. The van der Waals surface area contributed by atoms with Crippen molar-refractivity contribution in [1.29, 1.82) is 0 Å². The summed E-state index contributed by atoms with van der Waals surface area (Å²) in [5.74, 6) is 0.119. The Balaban J connectivity index is 2.44. The first-order valence-corrected chi connectivity index (χ1v) is 6.65. The maximum absolute atomic E-state index is 11.6. The van der Waals surface area contributed by atoms with Crippen LogP contribution in [-0.2, 0) is 20.7 Å². The molecule has 4 heteroatoms. The van der Waals surface area contributed by atoms with Crippen LogP contribution in [0.1, 0.15) is 31.9 Å². The van der Waals surface area contributed by atoms with Crippen LogP contribution < -0.4 is 0 Å². The van der Waals surface area contributed by atoms with E-state index < -0.39 is 5.97 Å². The van der Waals surface area contributed by atoms with E-state index in [-0.39, 0.29) is 5.60 Å². The van der Waals surface area contributed by atoms with Gasteiger partial charge >= 0.3 is 5.97 Å². The van der Waals surface area contributed by atoms with Crippen LogP contribution >= 0.6 is 11.6 Å². The lowest BCUT2D eigenvalue weighted by Gasteiger charge is -2.34. The van der Waals surface area contributed by atoms with Gasteiger partial charge in [0.05, 0.1) is 12.7 Å². The predicted octanol–water partition coefficient (Wildman–Crippen LogP) is 3.60. The molecule has 1 aliphatic heterocycles. The maximum Gasteiger partial charge on any atom is 0.334 e. The van der Waals surface area contributed by atoms with Gasteiger partial charge in [-0.05, 0) is 38.5 Å². The molecule has 0 saturated carbocycles. The van der Waals surface area contributed by atoms with Gasteiger partial charge < -0.3 is 9.47 Å². The Morgan fingerprint density at radius 2 is 2.26 bits per heavy atom. The summed E-state index contributed by atoms with van der Waals surface area (Å²) in [6.45, 7) is 6.09. The molecule has 0 atom stereocenters. The van der Waals surface area contributed by atoms with Crippen LogP contribution in [0.15, 0.2) is 24.3 Å². The number of esters is 1. The molecule has 0 spiro atoms. The molecule has 0 saturated heterocycles. The van der Waals surface area contributed by atoms with Gasteiger partial charge in [-0.25, -0.2) is 4.79 Å². The molecule has 0 aliphatic carbocycles. The molecule has 0 unspecified atom stereocenters. The summed E-state index contributed by atoms with van der Waals surface area (Å²) in [5, 5.41) is 0.622. The number of hydrogen-bond acceptors (Lipinski definition) is 3. The molecule has 1 aromatic carbocycles. The summed E-state index contributed by atoms with van der Waals surface area (Å²) >= 11 is 6.01. The number of carbonyl (C=O) groups is 1. The minimum atomic E-state index is -0.402. The zero-order valence-corrected chi connectivity index (χ0v) is 12.1. The molecule has 0 radical (unpaired) electrons. The van der Waals surface area contributed by atoms with Gasteiger partial charge in [-0.2, -0.15) is 0 Å². The van der Waals surface area contributed by atoms with Gasteiger partial charge in [0.2, 0.25) is 0 Å². The molecule has 0 bridgehead atoms. The highest BCUT2D eigenvalue weighted by molar-refractivity contribution is 6.30. The van der Waals surface area contributed by atoms with Gasteiger partial charge in [0.1, 0.15) is 11.4 Å². The van der Waals surface area contributed by atoms with Crippen LogP contribution in [0.4, 0.5) is 0 Å². The molecule has 0 aromatic heterocycles. The van der Waals surface area contributed by atoms with E-state index >= 15 is 0 Å². The van der Waals surface area contributed by atoms with Crippen molar-refractivity contribution >= 4 is 23.3 Å². The summed E-state index contributed by atoms with van der Waals surface area (Å²) in [7, 11) is 0. The van der Waals surface area contributed by atoms with Gasteiger partial charge in [0, 0.05) is 17.0 Å². The molecule has 1 aromatic rings. The van der Waals surface area contributed by atoms with Crippen molar-refractivity contribution < 1.29 is 14.3 Å². The smallest absolute Gasteiger partial charge is 0.334 e. The topological polar surface area (TPSA) is 35.5 Å². The summed E-state index contributed by atoms with van der Waals surface area (Å²) in [6.07, 6.45) is 2.17. The SMILES string of the molecule is CCOC(=O)/C=C1\OC(C)(C)Cc2ccc(Cl)cc21. The number of fused-ring (bicyclic) bond motifs is 1. The standard InChI is InChI=1S/C15H17ClO3/c1-4-18-14(17)8-13-12-7-11(16)6-5-10(12)9-15(2,3)19-13/h5-8H,4,9H2,1-3H3/b13-8-. The molecule has 0 amide bonds. The third-order valence-electron chi connectivity index (χ3n) is 2.88. The number of hydrogen-bond donors (Lipinski definition) is 0. The Morgan fingerprint density at radius 1 is 1.53 bits per heavy atom. The van der Waals surface area contributed by atoms with Crippen molar-refractivity contribution in [2.24, 2.45) is 0 Å². The van der Waals surface area contributed by atoms with E-state index in [0.29, 0.717) is 17.4 Å². The summed E-state index contributed by atoms with van der Waals surface area (Å²) in [4.78, 5) is 11.6. The van der Waals surface area contributed by atoms with Gasteiger partial charge in [-0.15, -0.1) is 0 Å². The summed E-state index contributed by atoms with van der Waals surface area (Å²) < 4.78 is 10.8. The highest BCUT2D eigenvalue weighted by atomic mass is 35.5. The molecule has 19 heavy (non-hydrogen) atoms. The molecule has 102 valence electrons. The maximum atomic E-state index is 11.6. The second-order valence-electron chi connectivity index (χ2n) is 5.10. The average molecular weight is 281 g/mol. The van der Waals surface area contributed by atoms with E-state index in [4.69, 9.17) is 21.1 Å². The largest absolute Gasteiger partial charge is 0.487 e. The van der Waals surface area contributed by atoms with E-state index in [9.17, 15) is 4.79 Å². The van der Waals surface area contributed by atoms with Crippen LogP contribution in [0.3, 0.4) is 0 Å². The fourth-order valence-electron chi connectivity index (χ4n) is 2.18. The van der Waals surface area contributed by atoms with E-state index in [1.54, 1.807) is 6.92 Å². The van der Waals surface area contributed by atoms with E-state index in [2.05, 4.69) is 0 Å². The van der Waals surface area contributed by atoms with Crippen LogP contribution in [-0.4, -0.2) is 18.2 Å². The van der Waals surface area contributed by atoms with E-state index in [1.165, 1.54) is 6.08 Å². The van der Waals surface area contributed by atoms with Gasteiger partial charge in [0.25, 0.3) is 0 Å². The lowest BCUT2D eigenvalue weighted by Crippen LogP contribution is -2.31. The van der Waals surface area contributed by atoms with Crippen molar-refractivity contribution in [3.8, 4) is 0 Å². The van der Waals surface area contributed by atoms with Crippen molar-refractivity contribution in [2.45, 2.75) is 32.8 Å². The molecule has 0 N–H and O–H groups in total. The molecular weight excluding hydrogens is 264 g/mol. The first-order valence-electron chi connectivity index (χ1n) is 6.27. The monoisotopic (exact) mass is 280 g/mol. The van der Waals surface area contributed by atoms with Gasteiger partial charge in [-0.1, -0.05) is 17.7 Å². The molecule has 1 heterocycles. The molecule has 1 aliphatic rings. The minimum absolute atomic E-state index is 0.342. The lowest BCUT2D eigenvalue weighted by molar-refractivity contribution is -0.137. The van der Waals surface area contributed by atoms with Crippen LogP contribution in [0.5, 0.6) is 0 Å². The summed E-state index contributed by atoms with van der Waals surface area (Å²) in [6, 6.07) is 5.64. The Bertz CT molecular complexity index is 532. The first kappa shape index (κ1) is 13.9. The van der Waals surface area contributed by atoms with Crippen LogP contribution in [0.2, 0.25) is 5.02 Å². The van der Waals surface area contributed by atoms with Crippen molar-refractivity contribution in [3.63, 3.8) is 0 Å². The molecule has 2 rings (SSSR count). The molecular formula is C15H17ClO3. The molecule has 3 nitrogen and oxygen atoms in total. The second kappa shape index (κ2) is 5.25. The number of ether oxygens (including phenoxy) is 2. The Hall–Kier alpha value is -1.48. The fraction of sp³-hybridized carbons (Fsp3) is 0.400. The average Bonchev–Trinajstić information content (AvgIpc) is 2.29. The zero-order valence-electron chi connectivity index (χ0n) is 11.3. The Labute approximate surface area is 118 Å². The van der Waals surface area contributed by atoms with E-state index in [0.717, 1.165) is 17.5 Å². The van der Waals surface area contributed by atoms with Crippen molar-refractivity contribution in [2.75, 3.05) is 6.61 Å².